The third-order valence-electron chi connectivity index (χ3n) is 2.91. The van der Waals surface area contributed by atoms with E-state index in [1.165, 1.54) is 7.11 Å². The van der Waals surface area contributed by atoms with E-state index in [0.29, 0.717) is 5.92 Å². The Morgan fingerprint density at radius 3 is 3.00 bits per heavy atom. The summed E-state index contributed by atoms with van der Waals surface area (Å²) in [5.74, 6) is 0.398. The molecule has 5 nitrogen and oxygen atoms in total. The number of aliphatic hydroxyl groups excluding tert-OH is 1. The second-order valence-corrected chi connectivity index (χ2v) is 3.91. The molecule has 0 saturated carbocycles. The monoisotopic (exact) mass is 216 g/mol. The van der Waals surface area contributed by atoms with Crippen LogP contribution in [0.3, 0.4) is 0 Å². The largest absolute Gasteiger partial charge is 0.396 e. The molecule has 0 bridgehead atoms. The highest BCUT2D eigenvalue weighted by Crippen LogP contribution is 2.19. The first kappa shape index (κ1) is 12.4. The zero-order valence-corrected chi connectivity index (χ0v) is 9.19. The van der Waals surface area contributed by atoms with Crippen molar-refractivity contribution in [2.24, 2.45) is 11.7 Å². The van der Waals surface area contributed by atoms with Gasteiger partial charge in [0.05, 0.1) is 0 Å². The Morgan fingerprint density at radius 1 is 1.73 bits per heavy atom. The van der Waals surface area contributed by atoms with Gasteiger partial charge in [-0.15, -0.1) is 0 Å². The molecule has 0 spiro atoms. The number of amides is 1. The van der Waals surface area contributed by atoms with Gasteiger partial charge in [0.15, 0.2) is 0 Å². The number of rotatable bonds is 5. The quantitative estimate of drug-likeness (QED) is 0.630. The Hall–Kier alpha value is -0.650. The van der Waals surface area contributed by atoms with Gasteiger partial charge in [-0.3, -0.25) is 4.79 Å². The van der Waals surface area contributed by atoms with Crippen LogP contribution in [0, 0.1) is 5.92 Å². The Balaban J connectivity index is 2.42. The second kappa shape index (κ2) is 6.05. The molecule has 5 heteroatoms. The third-order valence-corrected chi connectivity index (χ3v) is 2.91. The first-order chi connectivity index (χ1) is 7.22. The van der Waals surface area contributed by atoms with Crippen LogP contribution < -0.4 is 5.73 Å². The molecule has 1 aliphatic heterocycles. The van der Waals surface area contributed by atoms with Gasteiger partial charge in [0, 0.05) is 33.4 Å². The number of nitrogens with zero attached hydrogens (tertiary/aromatic N) is 1. The molecule has 1 amide bonds. The van der Waals surface area contributed by atoms with Gasteiger partial charge >= 0.3 is 0 Å². The van der Waals surface area contributed by atoms with Crippen LogP contribution in [0.2, 0.25) is 0 Å². The number of ether oxygens (including phenoxy) is 1. The molecule has 1 aliphatic rings. The van der Waals surface area contributed by atoms with Crippen LogP contribution in [0.4, 0.5) is 0 Å². The van der Waals surface area contributed by atoms with E-state index >= 15 is 0 Å². The predicted octanol–water partition coefficient (Wildman–Crippen LogP) is -0.809. The molecule has 2 atom stereocenters. The van der Waals surface area contributed by atoms with Crippen LogP contribution in [0.1, 0.15) is 12.8 Å². The fourth-order valence-electron chi connectivity index (χ4n) is 1.95. The predicted molar refractivity (Wildman–Crippen MR) is 56.2 cm³/mol. The Labute approximate surface area is 90.2 Å². The lowest BCUT2D eigenvalue weighted by molar-refractivity contribution is -0.140. The number of methoxy groups -OCH3 is 1. The molecular weight excluding hydrogens is 196 g/mol. The van der Waals surface area contributed by atoms with Gasteiger partial charge in [-0.05, 0) is 18.8 Å². The van der Waals surface area contributed by atoms with Crippen molar-refractivity contribution in [1.29, 1.82) is 0 Å². The van der Waals surface area contributed by atoms with Crippen LogP contribution >= 0.6 is 0 Å². The molecule has 0 aromatic heterocycles. The van der Waals surface area contributed by atoms with E-state index in [4.69, 9.17) is 15.6 Å². The molecule has 0 aromatic rings. The van der Waals surface area contributed by atoms with Gasteiger partial charge in [0.1, 0.15) is 6.10 Å². The average molecular weight is 216 g/mol. The van der Waals surface area contributed by atoms with Crippen LogP contribution in [0.25, 0.3) is 0 Å². The van der Waals surface area contributed by atoms with E-state index in [1.807, 2.05) is 0 Å². The topological polar surface area (TPSA) is 75.8 Å². The number of nitrogens with two attached hydrogens (primary N) is 1. The normalized spacial score (nSPS) is 23.1. The molecule has 0 radical (unpaired) electrons. The number of hydrogen-bond donors (Lipinski definition) is 2. The zero-order chi connectivity index (χ0) is 11.3. The molecule has 15 heavy (non-hydrogen) atoms. The first-order valence-corrected chi connectivity index (χ1v) is 5.35. The molecule has 88 valence electrons. The number of carbonyl (C=O) groups is 1. The molecule has 1 saturated heterocycles. The lowest BCUT2D eigenvalue weighted by Crippen LogP contribution is -2.42. The molecule has 1 fully saturated rings. The third kappa shape index (κ3) is 3.15. The SMILES string of the molecule is COC(CN)C(=O)N1CCC(CCO)C1. The number of likely N-dealkylation sites (tertiary alicyclic amines) is 1. The molecule has 0 aromatic carbocycles. The minimum absolute atomic E-state index is 0.0274. The average Bonchev–Trinajstić information content (AvgIpc) is 2.68. The molecule has 3 N–H and O–H groups in total. The van der Waals surface area contributed by atoms with Gasteiger partial charge in [-0.2, -0.15) is 0 Å². The fraction of sp³-hybridized carbons (Fsp3) is 0.900. The number of hydrogen-bond acceptors (Lipinski definition) is 4. The summed E-state index contributed by atoms with van der Waals surface area (Å²) in [6.07, 6.45) is 1.22. The maximum absolute atomic E-state index is 11.8. The fourth-order valence-corrected chi connectivity index (χ4v) is 1.95. The Morgan fingerprint density at radius 2 is 2.47 bits per heavy atom. The number of carbonyl (C=O) groups excluding carboxylic acids is 1. The van der Waals surface area contributed by atoms with Crippen molar-refractivity contribution in [1.82, 2.24) is 4.90 Å². The number of aliphatic hydroxyl groups is 1. The van der Waals surface area contributed by atoms with Gasteiger partial charge in [0.2, 0.25) is 0 Å². The van der Waals surface area contributed by atoms with Crippen molar-refractivity contribution < 1.29 is 14.6 Å². The van der Waals surface area contributed by atoms with Crippen molar-refractivity contribution in [2.45, 2.75) is 18.9 Å². The highest BCUT2D eigenvalue weighted by molar-refractivity contribution is 5.81. The van der Waals surface area contributed by atoms with Crippen molar-refractivity contribution in [3.8, 4) is 0 Å². The Kier molecular flexibility index (Phi) is 5.01. The zero-order valence-electron chi connectivity index (χ0n) is 9.19. The lowest BCUT2D eigenvalue weighted by atomic mass is 10.1. The first-order valence-electron chi connectivity index (χ1n) is 5.35. The molecule has 2 unspecified atom stereocenters. The van der Waals surface area contributed by atoms with Crippen LogP contribution in [0.5, 0.6) is 0 Å². The highest BCUT2D eigenvalue weighted by atomic mass is 16.5. The van der Waals surface area contributed by atoms with Crippen molar-refractivity contribution in [3.05, 3.63) is 0 Å². The highest BCUT2D eigenvalue weighted by Gasteiger charge is 2.29. The maximum atomic E-state index is 11.8. The van der Waals surface area contributed by atoms with Crippen LogP contribution in [-0.4, -0.2) is 55.4 Å². The Bertz CT molecular complexity index is 207. The molecule has 1 rings (SSSR count). The minimum Gasteiger partial charge on any atom is -0.396 e. The van der Waals surface area contributed by atoms with E-state index < -0.39 is 6.10 Å². The summed E-state index contributed by atoms with van der Waals surface area (Å²) in [5.41, 5.74) is 5.43. The maximum Gasteiger partial charge on any atom is 0.253 e. The molecule has 0 aliphatic carbocycles. The van der Waals surface area contributed by atoms with Gasteiger partial charge in [0.25, 0.3) is 5.91 Å². The minimum atomic E-state index is -0.516. The van der Waals surface area contributed by atoms with Crippen LogP contribution in [-0.2, 0) is 9.53 Å². The van der Waals surface area contributed by atoms with Crippen molar-refractivity contribution in [2.75, 3.05) is 33.4 Å². The van der Waals surface area contributed by atoms with E-state index in [2.05, 4.69) is 0 Å². The standard InChI is InChI=1S/C10H20N2O3/c1-15-9(6-11)10(14)12-4-2-8(7-12)3-5-13/h8-9,13H,2-7,11H2,1H3. The smallest absolute Gasteiger partial charge is 0.253 e. The summed E-state index contributed by atoms with van der Waals surface area (Å²) in [4.78, 5) is 13.6. The summed E-state index contributed by atoms with van der Waals surface area (Å²) in [6, 6.07) is 0. The summed E-state index contributed by atoms with van der Waals surface area (Å²) >= 11 is 0. The van der Waals surface area contributed by atoms with E-state index in [1.54, 1.807) is 4.90 Å². The van der Waals surface area contributed by atoms with E-state index in [9.17, 15) is 4.79 Å². The second-order valence-electron chi connectivity index (χ2n) is 3.91. The summed E-state index contributed by atoms with van der Waals surface area (Å²) in [7, 11) is 1.50. The van der Waals surface area contributed by atoms with Crippen molar-refractivity contribution in [3.63, 3.8) is 0 Å². The van der Waals surface area contributed by atoms with E-state index in [0.717, 1.165) is 25.9 Å². The summed E-state index contributed by atoms with van der Waals surface area (Å²) in [5, 5.41) is 8.80. The van der Waals surface area contributed by atoms with Crippen LogP contribution in [0.15, 0.2) is 0 Å². The van der Waals surface area contributed by atoms with Gasteiger partial charge in [-0.1, -0.05) is 0 Å². The van der Waals surface area contributed by atoms with Gasteiger partial charge in [-0.25, -0.2) is 0 Å². The lowest BCUT2D eigenvalue weighted by Gasteiger charge is -2.21. The molecular formula is C10H20N2O3. The van der Waals surface area contributed by atoms with E-state index in [-0.39, 0.29) is 19.1 Å². The van der Waals surface area contributed by atoms with Gasteiger partial charge < -0.3 is 20.5 Å². The summed E-state index contributed by atoms with van der Waals surface area (Å²) < 4.78 is 5.00. The molecule has 1 heterocycles. The summed E-state index contributed by atoms with van der Waals surface area (Å²) in [6.45, 7) is 1.89. The van der Waals surface area contributed by atoms with Crippen molar-refractivity contribution >= 4 is 5.91 Å².